The lowest BCUT2D eigenvalue weighted by Crippen LogP contribution is -2.22. The number of hydrogen-bond acceptors (Lipinski definition) is 3. The molecule has 21 heavy (non-hydrogen) atoms. The molecule has 5 heteroatoms. The van der Waals surface area contributed by atoms with Crippen molar-refractivity contribution in [2.75, 3.05) is 0 Å². The highest BCUT2D eigenvalue weighted by atomic mass is 32.2. The van der Waals surface area contributed by atoms with Gasteiger partial charge in [-0.1, -0.05) is 24.3 Å². The smallest absolute Gasteiger partial charge is 0.241 e. The first-order valence-electron chi connectivity index (χ1n) is 7.03. The van der Waals surface area contributed by atoms with Gasteiger partial charge < -0.3 is 4.74 Å². The van der Waals surface area contributed by atoms with Crippen molar-refractivity contribution in [2.24, 2.45) is 0 Å². The lowest BCUT2D eigenvalue weighted by atomic mass is 10.1. The molecule has 0 heterocycles. The molecule has 1 fully saturated rings. The Hall–Kier alpha value is -1.59. The van der Waals surface area contributed by atoms with Gasteiger partial charge >= 0.3 is 0 Å². The van der Waals surface area contributed by atoms with Crippen molar-refractivity contribution in [3.05, 3.63) is 42.4 Å². The molecular weight excluding hydrogens is 286 g/mol. The molecule has 2 aromatic rings. The molecule has 1 aliphatic carbocycles. The van der Waals surface area contributed by atoms with Gasteiger partial charge in [0, 0.05) is 10.8 Å². The van der Waals surface area contributed by atoms with Crippen LogP contribution in [0, 0.1) is 6.04 Å². The van der Waals surface area contributed by atoms with Gasteiger partial charge in [-0.15, -0.1) is 0 Å². The fraction of sp³-hybridized carbons (Fsp3) is 0.312. The third kappa shape index (κ3) is 3.04. The maximum absolute atomic E-state index is 12.5. The monoisotopic (exact) mass is 304 g/mol. The number of ether oxygens (including phenoxy) is 1. The fourth-order valence-electron chi connectivity index (χ4n) is 2.24. The van der Waals surface area contributed by atoms with Crippen LogP contribution < -0.4 is 9.46 Å². The Bertz CT molecular complexity index is 764. The highest BCUT2D eigenvalue weighted by Crippen LogP contribution is 2.34. The van der Waals surface area contributed by atoms with Crippen LogP contribution in [0.15, 0.2) is 41.3 Å². The Balaban J connectivity index is 2.12. The predicted molar refractivity (Wildman–Crippen MR) is 82.5 cm³/mol. The molecular formula is C16H18NO3S. The van der Waals surface area contributed by atoms with Crippen LogP contribution in [0.2, 0.25) is 0 Å². The molecule has 0 unspecified atom stereocenters. The van der Waals surface area contributed by atoms with Crippen LogP contribution in [0.4, 0.5) is 0 Å². The highest BCUT2D eigenvalue weighted by molar-refractivity contribution is 7.89. The van der Waals surface area contributed by atoms with Gasteiger partial charge in [0.25, 0.3) is 0 Å². The molecule has 0 bridgehead atoms. The molecule has 3 rings (SSSR count). The van der Waals surface area contributed by atoms with Crippen molar-refractivity contribution < 1.29 is 13.2 Å². The van der Waals surface area contributed by atoms with E-state index in [2.05, 4.69) is 4.72 Å². The van der Waals surface area contributed by atoms with Gasteiger partial charge in [0.15, 0.2) is 0 Å². The van der Waals surface area contributed by atoms with E-state index in [1.165, 1.54) is 0 Å². The van der Waals surface area contributed by atoms with E-state index in [1.54, 1.807) is 12.1 Å². The molecule has 111 valence electrons. The molecule has 4 nitrogen and oxygen atoms in total. The highest BCUT2D eigenvalue weighted by Gasteiger charge is 2.30. The van der Waals surface area contributed by atoms with Gasteiger partial charge in [-0.25, -0.2) is 13.1 Å². The summed E-state index contributed by atoms with van der Waals surface area (Å²) in [7, 11) is -3.51. The molecule has 0 aromatic heterocycles. The van der Waals surface area contributed by atoms with Crippen LogP contribution in [0.3, 0.4) is 0 Å². The zero-order valence-electron chi connectivity index (χ0n) is 12.1. The topological polar surface area (TPSA) is 55.4 Å². The Morgan fingerprint density at radius 2 is 1.71 bits per heavy atom. The van der Waals surface area contributed by atoms with Gasteiger partial charge in [0.1, 0.15) is 5.75 Å². The Kier molecular flexibility index (Phi) is 3.63. The molecule has 0 saturated heterocycles. The average molecular weight is 304 g/mol. The Labute approximate surface area is 125 Å². The molecule has 0 aliphatic heterocycles. The minimum Gasteiger partial charge on any atom is -0.490 e. The SMILES string of the molecule is CC(C)Oc1ccc(S(=O)(=O)N[C]2CC2)c2ccccc12. The first-order chi connectivity index (χ1) is 9.97. The zero-order chi connectivity index (χ0) is 15.0. The number of nitrogens with one attached hydrogen (secondary N) is 1. The van der Waals surface area contributed by atoms with Crippen molar-refractivity contribution in [3.63, 3.8) is 0 Å². The van der Waals surface area contributed by atoms with Crippen molar-refractivity contribution in [3.8, 4) is 5.75 Å². The van der Waals surface area contributed by atoms with Crippen molar-refractivity contribution >= 4 is 20.8 Å². The number of fused-ring (bicyclic) bond motifs is 1. The zero-order valence-corrected chi connectivity index (χ0v) is 12.9. The van der Waals surface area contributed by atoms with Crippen LogP contribution in [0.25, 0.3) is 10.8 Å². The van der Waals surface area contributed by atoms with E-state index in [1.807, 2.05) is 38.1 Å². The van der Waals surface area contributed by atoms with E-state index >= 15 is 0 Å². The van der Waals surface area contributed by atoms with Crippen LogP contribution in [0.1, 0.15) is 26.7 Å². The second-order valence-corrected chi connectivity index (χ2v) is 7.13. The summed E-state index contributed by atoms with van der Waals surface area (Å²) in [5, 5.41) is 1.50. The lowest BCUT2D eigenvalue weighted by molar-refractivity contribution is 0.245. The van der Waals surface area contributed by atoms with E-state index in [0.717, 1.165) is 24.3 Å². The maximum Gasteiger partial charge on any atom is 0.241 e. The van der Waals surface area contributed by atoms with E-state index in [0.29, 0.717) is 16.0 Å². The molecule has 0 atom stereocenters. The Morgan fingerprint density at radius 1 is 1.05 bits per heavy atom. The van der Waals surface area contributed by atoms with E-state index in [9.17, 15) is 8.42 Å². The quantitative estimate of drug-likeness (QED) is 0.922. The number of benzene rings is 2. The first kappa shape index (κ1) is 14.4. The summed E-state index contributed by atoms with van der Waals surface area (Å²) in [6.07, 6.45) is 1.72. The molecule has 1 radical (unpaired) electrons. The van der Waals surface area contributed by atoms with Crippen molar-refractivity contribution in [1.82, 2.24) is 4.72 Å². The fourth-order valence-corrected chi connectivity index (χ4v) is 3.65. The molecule has 2 aromatic carbocycles. The van der Waals surface area contributed by atoms with E-state index < -0.39 is 10.0 Å². The summed E-state index contributed by atoms with van der Waals surface area (Å²) >= 11 is 0. The molecule has 0 spiro atoms. The second-order valence-electron chi connectivity index (χ2n) is 5.48. The minimum atomic E-state index is -3.51. The van der Waals surface area contributed by atoms with Gasteiger partial charge in [-0.3, -0.25) is 0 Å². The minimum absolute atomic E-state index is 0.0380. The van der Waals surface area contributed by atoms with Crippen LogP contribution in [-0.2, 0) is 10.0 Å². The van der Waals surface area contributed by atoms with Crippen LogP contribution >= 0.6 is 0 Å². The molecule has 0 amide bonds. The second kappa shape index (κ2) is 5.31. The van der Waals surface area contributed by atoms with Crippen molar-refractivity contribution in [1.29, 1.82) is 0 Å². The van der Waals surface area contributed by atoms with Gasteiger partial charge in [0.05, 0.1) is 17.0 Å². The number of sulfonamides is 1. The summed E-state index contributed by atoms with van der Waals surface area (Å²) < 4.78 is 33.3. The largest absolute Gasteiger partial charge is 0.490 e. The van der Waals surface area contributed by atoms with Gasteiger partial charge in [0.2, 0.25) is 10.0 Å². The van der Waals surface area contributed by atoms with Gasteiger partial charge in [-0.05, 0) is 38.8 Å². The number of hydrogen-bond donors (Lipinski definition) is 1. The first-order valence-corrected chi connectivity index (χ1v) is 8.51. The summed E-state index contributed by atoms with van der Waals surface area (Å²) in [6.45, 7) is 3.90. The van der Waals surface area contributed by atoms with E-state index in [-0.39, 0.29) is 6.10 Å². The van der Waals surface area contributed by atoms with Gasteiger partial charge in [-0.2, -0.15) is 0 Å². The Morgan fingerprint density at radius 3 is 2.33 bits per heavy atom. The third-order valence-electron chi connectivity index (χ3n) is 3.27. The van der Waals surface area contributed by atoms with Crippen LogP contribution in [0.5, 0.6) is 5.75 Å². The third-order valence-corrected chi connectivity index (χ3v) is 4.77. The lowest BCUT2D eigenvalue weighted by Gasteiger charge is -2.15. The number of rotatable bonds is 5. The summed E-state index contributed by atoms with van der Waals surface area (Å²) in [5.74, 6) is 0.707. The molecule has 1 N–H and O–H groups in total. The summed E-state index contributed by atoms with van der Waals surface area (Å²) in [6, 6.07) is 11.6. The summed E-state index contributed by atoms with van der Waals surface area (Å²) in [5.41, 5.74) is 0. The standard InChI is InChI=1S/C16H18NO3S/c1-11(2)20-15-9-10-16(14-6-4-3-5-13(14)15)21(18,19)17-12-7-8-12/h3-6,9-11,17H,7-8H2,1-2H3. The molecule has 1 aliphatic rings. The maximum atomic E-state index is 12.5. The normalized spacial score (nSPS) is 15.6. The van der Waals surface area contributed by atoms with E-state index in [4.69, 9.17) is 4.74 Å². The van der Waals surface area contributed by atoms with Crippen molar-refractivity contribution in [2.45, 2.75) is 37.7 Å². The average Bonchev–Trinajstić information content (AvgIpc) is 3.21. The predicted octanol–water partition coefficient (Wildman–Crippen LogP) is 3.23. The van der Waals surface area contributed by atoms with Crippen LogP contribution in [-0.4, -0.2) is 14.5 Å². The molecule has 1 saturated carbocycles. The summed E-state index contributed by atoms with van der Waals surface area (Å²) in [4.78, 5) is 0.300.